The molecule has 0 aromatic carbocycles. The molecule has 11 heavy (non-hydrogen) atoms. The maximum absolute atomic E-state index is 10.2. The molecule has 0 amide bonds. The van der Waals surface area contributed by atoms with Crippen molar-refractivity contribution in [1.29, 1.82) is 0 Å². The number of carboxylic acids is 2. The summed E-state index contributed by atoms with van der Waals surface area (Å²) in [6, 6.07) is 0. The van der Waals surface area contributed by atoms with Gasteiger partial charge in [-0.05, 0) is 6.42 Å². The Morgan fingerprint density at radius 3 is 2.00 bits per heavy atom. The van der Waals surface area contributed by atoms with Crippen LogP contribution in [0, 0.1) is 5.92 Å². The molecule has 0 aliphatic rings. The van der Waals surface area contributed by atoms with Crippen molar-refractivity contribution in [3.8, 4) is 0 Å². The van der Waals surface area contributed by atoms with Crippen LogP contribution in [0.15, 0.2) is 0 Å². The number of aliphatic carboxylic acids is 2. The van der Waals surface area contributed by atoms with Crippen molar-refractivity contribution in [3.05, 3.63) is 5.92 Å². The fraction of sp³-hybridized carbons (Fsp3) is 0.500. The van der Waals surface area contributed by atoms with Gasteiger partial charge in [0.05, 0.1) is 12.3 Å². The predicted molar refractivity (Wildman–Crippen MR) is 34.8 cm³/mol. The van der Waals surface area contributed by atoms with E-state index in [4.69, 9.17) is 15.3 Å². The Balaban J connectivity index is 3.89. The molecule has 0 rings (SSSR count). The van der Waals surface area contributed by atoms with Gasteiger partial charge in [0.2, 0.25) is 0 Å². The van der Waals surface area contributed by atoms with E-state index in [2.05, 4.69) is 0 Å². The van der Waals surface area contributed by atoms with Crippen molar-refractivity contribution < 1.29 is 24.9 Å². The number of aliphatic hydroxyl groups is 1. The van der Waals surface area contributed by atoms with Crippen LogP contribution in [0.3, 0.4) is 0 Å². The maximum atomic E-state index is 10.2. The Hall–Kier alpha value is -1.10. The molecule has 0 aromatic heterocycles. The average Bonchev–Trinajstić information content (AvgIpc) is 1.86. The summed E-state index contributed by atoms with van der Waals surface area (Å²) in [5.74, 6) is -2.64. The van der Waals surface area contributed by atoms with Crippen LogP contribution in [0.1, 0.15) is 12.8 Å². The number of carboxylic acid groups (broad SMARTS) is 2. The van der Waals surface area contributed by atoms with Crippen molar-refractivity contribution in [3.63, 3.8) is 0 Å². The molecule has 1 radical (unpaired) electrons. The van der Waals surface area contributed by atoms with Crippen LogP contribution in [-0.2, 0) is 9.59 Å². The van der Waals surface area contributed by atoms with Gasteiger partial charge < -0.3 is 15.3 Å². The van der Waals surface area contributed by atoms with Gasteiger partial charge in [0.25, 0.3) is 0 Å². The monoisotopic (exact) mass is 161 g/mol. The van der Waals surface area contributed by atoms with Crippen molar-refractivity contribution >= 4 is 11.9 Å². The zero-order chi connectivity index (χ0) is 8.85. The summed E-state index contributed by atoms with van der Waals surface area (Å²) in [5, 5.41) is 24.9. The second-order valence-corrected chi connectivity index (χ2v) is 1.95. The summed E-state index contributed by atoms with van der Waals surface area (Å²) < 4.78 is 0. The van der Waals surface area contributed by atoms with E-state index in [1.165, 1.54) is 0 Å². The molecule has 0 atom stereocenters. The molecule has 0 aliphatic heterocycles. The number of rotatable bonds is 5. The van der Waals surface area contributed by atoms with Crippen LogP contribution in [0.4, 0.5) is 0 Å². The first kappa shape index (κ1) is 9.90. The molecule has 0 aliphatic carbocycles. The molecule has 5 heteroatoms. The summed E-state index contributed by atoms with van der Waals surface area (Å²) >= 11 is 0. The Morgan fingerprint density at radius 1 is 1.18 bits per heavy atom. The minimum absolute atomic E-state index is 0.0956. The van der Waals surface area contributed by atoms with Gasteiger partial charge in [0, 0.05) is 6.61 Å². The first-order valence-corrected chi connectivity index (χ1v) is 2.98. The fourth-order valence-electron chi connectivity index (χ4n) is 0.588. The normalized spacial score (nSPS) is 10.0. The Kier molecular flexibility index (Phi) is 4.21. The minimum atomic E-state index is -1.26. The SMILES string of the molecule is O=C(O)C[C](CCO)C(=O)O. The highest BCUT2D eigenvalue weighted by molar-refractivity contribution is 5.88. The van der Waals surface area contributed by atoms with E-state index < -0.39 is 18.4 Å². The molecular weight excluding hydrogens is 152 g/mol. The Morgan fingerprint density at radius 2 is 1.73 bits per heavy atom. The van der Waals surface area contributed by atoms with Gasteiger partial charge in [-0.3, -0.25) is 9.59 Å². The summed E-state index contributed by atoms with van der Waals surface area (Å²) in [7, 11) is 0. The van der Waals surface area contributed by atoms with E-state index in [0.717, 1.165) is 0 Å². The highest BCUT2D eigenvalue weighted by atomic mass is 16.4. The van der Waals surface area contributed by atoms with Crippen molar-refractivity contribution in [2.45, 2.75) is 12.8 Å². The minimum Gasteiger partial charge on any atom is -0.481 e. The molecule has 0 saturated heterocycles. The van der Waals surface area contributed by atoms with Gasteiger partial charge in [-0.2, -0.15) is 0 Å². The lowest BCUT2D eigenvalue weighted by molar-refractivity contribution is -0.141. The van der Waals surface area contributed by atoms with Crippen molar-refractivity contribution in [2.24, 2.45) is 0 Å². The second-order valence-electron chi connectivity index (χ2n) is 1.95. The van der Waals surface area contributed by atoms with Gasteiger partial charge >= 0.3 is 11.9 Å². The van der Waals surface area contributed by atoms with Crippen LogP contribution in [0.2, 0.25) is 0 Å². The molecule has 0 spiro atoms. The Bertz CT molecular complexity index is 153. The third kappa shape index (κ3) is 4.32. The smallest absolute Gasteiger partial charge is 0.311 e. The summed E-state index contributed by atoms with van der Waals surface area (Å²) in [6.07, 6.45) is -0.614. The summed E-state index contributed by atoms with van der Waals surface area (Å²) in [4.78, 5) is 20.2. The lowest BCUT2D eigenvalue weighted by Crippen LogP contribution is -2.16. The van der Waals surface area contributed by atoms with Crippen LogP contribution < -0.4 is 0 Å². The summed E-state index contributed by atoms with van der Waals surface area (Å²) in [5.41, 5.74) is 0. The van der Waals surface area contributed by atoms with Gasteiger partial charge in [-0.1, -0.05) is 0 Å². The van der Waals surface area contributed by atoms with Gasteiger partial charge in [0.15, 0.2) is 0 Å². The molecular formula is C6H9O5. The molecule has 0 fully saturated rings. The first-order valence-electron chi connectivity index (χ1n) is 2.98. The Labute approximate surface area is 63.3 Å². The number of hydrogen-bond donors (Lipinski definition) is 3. The second kappa shape index (κ2) is 4.68. The third-order valence-electron chi connectivity index (χ3n) is 1.08. The average molecular weight is 161 g/mol. The quantitative estimate of drug-likeness (QED) is 0.505. The van der Waals surface area contributed by atoms with Crippen LogP contribution in [0.25, 0.3) is 0 Å². The van der Waals surface area contributed by atoms with Gasteiger partial charge in [0.1, 0.15) is 0 Å². The maximum Gasteiger partial charge on any atom is 0.311 e. The van der Waals surface area contributed by atoms with E-state index in [0.29, 0.717) is 0 Å². The fourth-order valence-corrected chi connectivity index (χ4v) is 0.588. The zero-order valence-electron chi connectivity index (χ0n) is 5.78. The molecule has 63 valence electrons. The number of carbonyl (C=O) groups is 2. The number of aliphatic hydroxyl groups excluding tert-OH is 1. The summed E-state index contributed by atoms with van der Waals surface area (Å²) in [6.45, 7) is -0.338. The van der Waals surface area contributed by atoms with E-state index >= 15 is 0 Å². The highest BCUT2D eigenvalue weighted by Crippen LogP contribution is 2.10. The lowest BCUT2D eigenvalue weighted by atomic mass is 10.0. The highest BCUT2D eigenvalue weighted by Gasteiger charge is 2.20. The van der Waals surface area contributed by atoms with Gasteiger partial charge in [-0.25, -0.2) is 0 Å². The van der Waals surface area contributed by atoms with Gasteiger partial charge in [-0.15, -0.1) is 0 Å². The van der Waals surface area contributed by atoms with E-state index in [9.17, 15) is 9.59 Å². The largest absolute Gasteiger partial charge is 0.481 e. The molecule has 0 heterocycles. The number of hydrogen-bond acceptors (Lipinski definition) is 3. The lowest BCUT2D eigenvalue weighted by Gasteiger charge is -2.04. The molecule has 0 bridgehead atoms. The van der Waals surface area contributed by atoms with E-state index in [-0.39, 0.29) is 18.9 Å². The standard InChI is InChI=1S/C6H9O5/c7-2-1-4(6(10)11)3-5(8)9/h7H,1-3H2,(H,8,9)(H,10,11). The van der Waals surface area contributed by atoms with Crippen molar-refractivity contribution in [1.82, 2.24) is 0 Å². The molecule has 0 saturated carbocycles. The third-order valence-corrected chi connectivity index (χ3v) is 1.08. The molecule has 3 N–H and O–H groups in total. The first-order chi connectivity index (χ1) is 5.07. The zero-order valence-corrected chi connectivity index (χ0v) is 5.78. The van der Waals surface area contributed by atoms with Crippen molar-refractivity contribution in [2.75, 3.05) is 6.61 Å². The van der Waals surface area contributed by atoms with E-state index in [1.54, 1.807) is 0 Å². The van der Waals surface area contributed by atoms with Crippen LogP contribution in [0.5, 0.6) is 0 Å². The van der Waals surface area contributed by atoms with E-state index in [1.807, 2.05) is 0 Å². The molecule has 0 unspecified atom stereocenters. The predicted octanol–water partition coefficient (Wildman–Crippen LogP) is -0.497. The topological polar surface area (TPSA) is 94.8 Å². The molecule has 0 aromatic rings. The van der Waals surface area contributed by atoms with Crippen LogP contribution >= 0.6 is 0 Å². The molecule has 5 nitrogen and oxygen atoms in total. The van der Waals surface area contributed by atoms with Crippen LogP contribution in [-0.4, -0.2) is 33.9 Å².